The highest BCUT2D eigenvalue weighted by Gasteiger charge is 2.20. The number of rotatable bonds is 6. The molecule has 0 fully saturated rings. The molecule has 0 amide bonds. The summed E-state index contributed by atoms with van der Waals surface area (Å²) in [5.74, 6) is 0. The Bertz CT molecular complexity index is 747. The predicted octanol–water partition coefficient (Wildman–Crippen LogP) is 2.80. The second kappa shape index (κ2) is 7.21. The lowest BCUT2D eigenvalue weighted by Gasteiger charge is -2.16. The van der Waals surface area contributed by atoms with Crippen molar-refractivity contribution in [1.29, 1.82) is 5.26 Å². The summed E-state index contributed by atoms with van der Waals surface area (Å²) < 4.78 is 27.4. The van der Waals surface area contributed by atoms with Crippen molar-refractivity contribution >= 4 is 10.0 Å². The van der Waals surface area contributed by atoms with Gasteiger partial charge in [-0.25, -0.2) is 13.1 Å². The predicted molar refractivity (Wildman–Crippen MR) is 85.7 cm³/mol. The lowest BCUT2D eigenvalue weighted by atomic mass is 10.1. The van der Waals surface area contributed by atoms with E-state index in [0.29, 0.717) is 6.42 Å². The minimum atomic E-state index is -3.62. The van der Waals surface area contributed by atoms with E-state index >= 15 is 0 Å². The Morgan fingerprint density at radius 2 is 1.73 bits per heavy atom. The molecule has 2 aromatic carbocycles. The maximum absolute atomic E-state index is 12.4. The average Bonchev–Trinajstić information content (AvgIpc) is 2.48. The topological polar surface area (TPSA) is 70.0 Å². The van der Waals surface area contributed by atoms with Gasteiger partial charge >= 0.3 is 0 Å². The maximum atomic E-state index is 12.4. The zero-order valence-corrected chi connectivity index (χ0v) is 13.2. The van der Waals surface area contributed by atoms with E-state index in [9.17, 15) is 8.42 Å². The molecule has 0 aliphatic carbocycles. The van der Waals surface area contributed by atoms with E-state index in [0.717, 1.165) is 11.1 Å². The molecule has 22 heavy (non-hydrogen) atoms. The molecule has 0 unspecified atom stereocenters. The highest BCUT2D eigenvalue weighted by molar-refractivity contribution is 7.89. The first-order valence-corrected chi connectivity index (χ1v) is 8.49. The van der Waals surface area contributed by atoms with E-state index in [1.54, 1.807) is 24.3 Å². The monoisotopic (exact) mass is 314 g/mol. The highest BCUT2D eigenvalue weighted by atomic mass is 32.2. The van der Waals surface area contributed by atoms with Crippen molar-refractivity contribution in [2.75, 3.05) is 0 Å². The molecule has 0 bridgehead atoms. The van der Waals surface area contributed by atoms with E-state index in [1.807, 2.05) is 43.3 Å². The Balaban J connectivity index is 2.16. The third-order valence-electron chi connectivity index (χ3n) is 3.32. The molecule has 0 aliphatic heterocycles. The number of sulfonamides is 1. The van der Waals surface area contributed by atoms with Gasteiger partial charge in [-0.15, -0.1) is 0 Å². The van der Waals surface area contributed by atoms with Gasteiger partial charge in [0.15, 0.2) is 0 Å². The molecule has 1 N–H and O–H groups in total. The lowest BCUT2D eigenvalue weighted by Crippen LogP contribution is -2.36. The third-order valence-corrected chi connectivity index (χ3v) is 4.85. The molecule has 0 aliphatic rings. The maximum Gasteiger partial charge on any atom is 0.240 e. The number of aryl methyl sites for hydroxylation is 1. The molecule has 4 nitrogen and oxygen atoms in total. The summed E-state index contributed by atoms with van der Waals surface area (Å²) in [6, 6.07) is 17.8. The van der Waals surface area contributed by atoms with Crippen molar-refractivity contribution in [3.05, 3.63) is 65.7 Å². The third kappa shape index (κ3) is 4.42. The van der Waals surface area contributed by atoms with E-state index in [1.165, 1.54) is 0 Å². The second-order valence-electron chi connectivity index (χ2n) is 5.18. The number of benzene rings is 2. The number of nitriles is 1. The van der Waals surface area contributed by atoms with Gasteiger partial charge < -0.3 is 0 Å². The van der Waals surface area contributed by atoms with Crippen molar-refractivity contribution in [1.82, 2.24) is 4.72 Å². The number of nitrogens with zero attached hydrogens (tertiary/aromatic N) is 1. The zero-order chi connectivity index (χ0) is 16.0. The molecule has 2 rings (SSSR count). The Morgan fingerprint density at radius 1 is 1.09 bits per heavy atom. The largest absolute Gasteiger partial charge is 0.240 e. The molecule has 0 spiro atoms. The van der Waals surface area contributed by atoms with E-state index < -0.39 is 16.1 Å². The van der Waals surface area contributed by atoms with Gasteiger partial charge in [0.1, 0.15) is 0 Å². The number of hydrogen-bond acceptors (Lipinski definition) is 3. The van der Waals surface area contributed by atoms with Gasteiger partial charge in [0, 0.05) is 6.04 Å². The van der Waals surface area contributed by atoms with Crippen molar-refractivity contribution < 1.29 is 8.42 Å². The van der Waals surface area contributed by atoms with Crippen molar-refractivity contribution in [2.45, 2.75) is 30.7 Å². The first-order valence-electron chi connectivity index (χ1n) is 7.01. The van der Waals surface area contributed by atoms with Gasteiger partial charge in [-0.05, 0) is 31.0 Å². The lowest BCUT2D eigenvalue weighted by molar-refractivity contribution is 0.548. The molecule has 0 aromatic heterocycles. The first kappa shape index (κ1) is 16.2. The fraction of sp³-hybridized carbons (Fsp3) is 0.235. The summed E-state index contributed by atoms with van der Waals surface area (Å²) in [6.07, 6.45) is 0.611. The van der Waals surface area contributed by atoms with E-state index in [-0.39, 0.29) is 11.3 Å². The minimum Gasteiger partial charge on any atom is -0.207 e. The molecular weight excluding hydrogens is 296 g/mol. The van der Waals surface area contributed by atoms with Crippen molar-refractivity contribution in [2.24, 2.45) is 0 Å². The molecule has 0 saturated carbocycles. The quantitative estimate of drug-likeness (QED) is 0.891. The SMILES string of the molecule is Cc1ccc(S(=O)(=O)N[C@H](CC#N)Cc2ccccc2)cc1. The molecular formula is C17H18N2O2S. The van der Waals surface area contributed by atoms with Crippen LogP contribution in [-0.4, -0.2) is 14.5 Å². The molecule has 1 atom stereocenters. The van der Waals surface area contributed by atoms with Crippen LogP contribution in [0.25, 0.3) is 0 Å². The van der Waals surface area contributed by atoms with Crippen LogP contribution in [-0.2, 0) is 16.4 Å². The number of hydrogen-bond donors (Lipinski definition) is 1. The van der Waals surface area contributed by atoms with Crippen LogP contribution in [0.4, 0.5) is 0 Å². The van der Waals surface area contributed by atoms with Crippen LogP contribution < -0.4 is 4.72 Å². The Hall–Kier alpha value is -2.16. The van der Waals surface area contributed by atoms with Crippen LogP contribution >= 0.6 is 0 Å². The Morgan fingerprint density at radius 3 is 2.32 bits per heavy atom. The highest BCUT2D eigenvalue weighted by Crippen LogP contribution is 2.13. The van der Waals surface area contributed by atoms with Crippen LogP contribution in [0, 0.1) is 18.3 Å². The average molecular weight is 314 g/mol. The Labute approximate surface area is 131 Å². The van der Waals surface area contributed by atoms with Gasteiger partial charge in [0.05, 0.1) is 17.4 Å². The fourth-order valence-corrected chi connectivity index (χ4v) is 3.41. The minimum absolute atomic E-state index is 0.125. The molecule has 114 valence electrons. The van der Waals surface area contributed by atoms with Gasteiger partial charge in [-0.2, -0.15) is 5.26 Å². The molecule has 2 aromatic rings. The molecule has 0 radical (unpaired) electrons. The molecule has 0 heterocycles. The van der Waals surface area contributed by atoms with Crippen LogP contribution in [0.15, 0.2) is 59.5 Å². The smallest absolute Gasteiger partial charge is 0.207 e. The second-order valence-corrected chi connectivity index (χ2v) is 6.90. The zero-order valence-electron chi connectivity index (χ0n) is 12.4. The Kier molecular flexibility index (Phi) is 5.31. The summed E-state index contributed by atoms with van der Waals surface area (Å²) in [4.78, 5) is 0.217. The van der Waals surface area contributed by atoms with Crippen molar-refractivity contribution in [3.63, 3.8) is 0 Å². The summed E-state index contributed by atoms with van der Waals surface area (Å²) in [5, 5.41) is 8.93. The molecule has 0 saturated heterocycles. The van der Waals surface area contributed by atoms with Crippen molar-refractivity contribution in [3.8, 4) is 6.07 Å². The first-order chi connectivity index (χ1) is 10.5. The van der Waals surface area contributed by atoms with Crippen LogP contribution in [0.2, 0.25) is 0 Å². The standard InChI is InChI=1S/C17H18N2O2S/c1-14-7-9-17(10-8-14)22(20,21)19-16(11-12-18)13-15-5-3-2-4-6-15/h2-10,16,19H,11,13H2,1H3/t16-/m1/s1. The number of nitrogens with one attached hydrogen (secondary N) is 1. The summed E-state index contributed by atoms with van der Waals surface area (Å²) in [7, 11) is -3.62. The van der Waals surface area contributed by atoms with Gasteiger partial charge in [0.25, 0.3) is 0 Å². The normalized spacial score (nSPS) is 12.5. The van der Waals surface area contributed by atoms with E-state index in [2.05, 4.69) is 4.72 Å². The van der Waals surface area contributed by atoms with Gasteiger partial charge in [-0.1, -0.05) is 48.0 Å². The summed E-state index contributed by atoms with van der Waals surface area (Å²) in [6.45, 7) is 1.90. The van der Waals surface area contributed by atoms with Crippen LogP contribution in [0.5, 0.6) is 0 Å². The molecule has 5 heteroatoms. The fourth-order valence-electron chi connectivity index (χ4n) is 2.17. The van der Waals surface area contributed by atoms with Gasteiger partial charge in [0.2, 0.25) is 10.0 Å². The van der Waals surface area contributed by atoms with Gasteiger partial charge in [-0.3, -0.25) is 0 Å². The van der Waals surface area contributed by atoms with Crippen LogP contribution in [0.1, 0.15) is 17.5 Å². The summed E-state index contributed by atoms with van der Waals surface area (Å²) in [5.41, 5.74) is 1.99. The van der Waals surface area contributed by atoms with Crippen LogP contribution in [0.3, 0.4) is 0 Å². The van der Waals surface area contributed by atoms with E-state index in [4.69, 9.17) is 5.26 Å². The summed E-state index contributed by atoms with van der Waals surface area (Å²) >= 11 is 0.